The molecule has 2 saturated heterocycles. The molecular formula is C14H22N2O5. The Morgan fingerprint density at radius 1 is 1.29 bits per heavy atom. The lowest BCUT2D eigenvalue weighted by Gasteiger charge is -2.23. The highest BCUT2D eigenvalue weighted by Crippen LogP contribution is 2.34. The lowest BCUT2D eigenvalue weighted by Crippen LogP contribution is -2.47. The molecule has 0 radical (unpaired) electrons. The Morgan fingerprint density at radius 3 is 2.52 bits per heavy atom. The quantitative estimate of drug-likeness (QED) is 0.763. The van der Waals surface area contributed by atoms with E-state index < -0.39 is 29.7 Å². The van der Waals surface area contributed by atoms with Crippen LogP contribution in [0.3, 0.4) is 0 Å². The highest BCUT2D eigenvalue weighted by atomic mass is 16.6. The van der Waals surface area contributed by atoms with Crippen molar-refractivity contribution in [2.75, 3.05) is 7.11 Å². The fraction of sp³-hybridized carbons (Fsp3) is 0.786. The number of rotatable bonds is 2. The second-order valence-corrected chi connectivity index (χ2v) is 6.45. The molecule has 7 heteroatoms. The van der Waals surface area contributed by atoms with Gasteiger partial charge in [-0.05, 0) is 40.0 Å². The molecule has 2 rings (SSSR count). The molecule has 2 heterocycles. The van der Waals surface area contributed by atoms with Crippen LogP contribution >= 0.6 is 0 Å². The van der Waals surface area contributed by atoms with Gasteiger partial charge in [-0.1, -0.05) is 0 Å². The monoisotopic (exact) mass is 298 g/mol. The van der Waals surface area contributed by atoms with Gasteiger partial charge in [-0.3, -0.25) is 4.79 Å². The Labute approximate surface area is 123 Å². The molecule has 3 atom stereocenters. The van der Waals surface area contributed by atoms with Crippen LogP contribution in [0.15, 0.2) is 0 Å². The van der Waals surface area contributed by atoms with Crippen LogP contribution in [0.25, 0.3) is 0 Å². The molecule has 2 aliphatic heterocycles. The van der Waals surface area contributed by atoms with Gasteiger partial charge in [0.05, 0.1) is 7.11 Å². The first-order valence-electron chi connectivity index (χ1n) is 7.12. The molecule has 2 fully saturated rings. The summed E-state index contributed by atoms with van der Waals surface area (Å²) >= 11 is 0. The van der Waals surface area contributed by atoms with E-state index in [1.807, 2.05) is 0 Å². The molecule has 21 heavy (non-hydrogen) atoms. The summed E-state index contributed by atoms with van der Waals surface area (Å²) in [6.07, 6.45) is 1.25. The second-order valence-electron chi connectivity index (χ2n) is 6.45. The molecule has 0 aromatic carbocycles. The van der Waals surface area contributed by atoms with Crippen molar-refractivity contribution in [1.82, 2.24) is 10.2 Å². The normalized spacial score (nSPS) is 28.3. The van der Waals surface area contributed by atoms with Crippen molar-refractivity contribution in [2.24, 2.45) is 0 Å². The van der Waals surface area contributed by atoms with E-state index in [0.717, 1.165) is 6.42 Å². The van der Waals surface area contributed by atoms with E-state index in [4.69, 9.17) is 9.47 Å². The van der Waals surface area contributed by atoms with E-state index in [1.165, 1.54) is 7.11 Å². The molecule has 0 aromatic heterocycles. The number of hydrogen-bond donors (Lipinski definition) is 1. The third-order valence-corrected chi connectivity index (χ3v) is 3.73. The van der Waals surface area contributed by atoms with Crippen LogP contribution in [0, 0.1) is 0 Å². The zero-order chi connectivity index (χ0) is 15.8. The van der Waals surface area contributed by atoms with Gasteiger partial charge in [0, 0.05) is 6.04 Å². The molecule has 7 nitrogen and oxygen atoms in total. The molecule has 118 valence electrons. The number of nitrogens with one attached hydrogen (secondary N) is 1. The maximum atomic E-state index is 12.4. The third-order valence-electron chi connectivity index (χ3n) is 3.73. The van der Waals surface area contributed by atoms with Gasteiger partial charge < -0.3 is 19.7 Å². The number of methoxy groups -OCH3 is 1. The van der Waals surface area contributed by atoms with Gasteiger partial charge in [0.1, 0.15) is 17.7 Å². The fourth-order valence-electron chi connectivity index (χ4n) is 2.94. The topological polar surface area (TPSA) is 84.9 Å². The zero-order valence-electron chi connectivity index (χ0n) is 12.8. The molecule has 0 aliphatic carbocycles. The fourth-order valence-corrected chi connectivity index (χ4v) is 2.94. The van der Waals surface area contributed by atoms with Crippen molar-refractivity contribution in [3.8, 4) is 0 Å². The Hall–Kier alpha value is -1.79. The number of hydrogen-bond acceptors (Lipinski definition) is 5. The molecule has 0 saturated carbocycles. The van der Waals surface area contributed by atoms with E-state index in [2.05, 4.69) is 5.32 Å². The minimum atomic E-state index is -0.627. The summed E-state index contributed by atoms with van der Waals surface area (Å²) in [6.45, 7) is 5.28. The Bertz CT molecular complexity index is 457. The summed E-state index contributed by atoms with van der Waals surface area (Å²) in [7, 11) is 1.31. The van der Waals surface area contributed by atoms with Crippen LogP contribution < -0.4 is 5.32 Å². The van der Waals surface area contributed by atoms with E-state index in [9.17, 15) is 14.4 Å². The number of carbonyl (C=O) groups excluding carboxylic acids is 3. The minimum absolute atomic E-state index is 0.0125. The summed E-state index contributed by atoms with van der Waals surface area (Å²) in [5, 5.41) is 2.59. The van der Waals surface area contributed by atoms with E-state index in [-0.39, 0.29) is 11.9 Å². The van der Waals surface area contributed by atoms with Crippen molar-refractivity contribution in [2.45, 2.75) is 63.8 Å². The summed E-state index contributed by atoms with van der Waals surface area (Å²) in [5.41, 5.74) is -0.615. The third kappa shape index (κ3) is 3.28. The first kappa shape index (κ1) is 15.6. The van der Waals surface area contributed by atoms with Crippen molar-refractivity contribution >= 4 is 18.0 Å². The van der Waals surface area contributed by atoms with Crippen LogP contribution in [-0.2, 0) is 19.1 Å². The first-order chi connectivity index (χ1) is 9.73. The van der Waals surface area contributed by atoms with Gasteiger partial charge in [-0.25, -0.2) is 9.59 Å². The van der Waals surface area contributed by atoms with Crippen molar-refractivity contribution < 1.29 is 23.9 Å². The van der Waals surface area contributed by atoms with Crippen LogP contribution in [-0.4, -0.2) is 53.7 Å². The van der Waals surface area contributed by atoms with Crippen LogP contribution in [0.4, 0.5) is 4.79 Å². The second kappa shape index (κ2) is 5.54. The average molecular weight is 298 g/mol. The van der Waals surface area contributed by atoms with Crippen molar-refractivity contribution in [1.29, 1.82) is 0 Å². The lowest BCUT2D eigenvalue weighted by atomic mass is 10.1. The number of nitrogens with zero attached hydrogens (tertiary/aromatic N) is 1. The first-order valence-corrected chi connectivity index (χ1v) is 7.12. The summed E-state index contributed by atoms with van der Waals surface area (Å²) in [5.74, 6) is -0.637. The van der Waals surface area contributed by atoms with Gasteiger partial charge >= 0.3 is 12.1 Å². The average Bonchev–Trinajstić information content (AvgIpc) is 2.88. The SMILES string of the molecule is COC(=O)[C@@H]1CC[C@@H]2C[C@H](NC(=O)OC(C)(C)C)C(=O)N21. The smallest absolute Gasteiger partial charge is 0.408 e. The summed E-state index contributed by atoms with van der Waals surface area (Å²) in [6, 6.07) is -1.17. The van der Waals surface area contributed by atoms with E-state index in [0.29, 0.717) is 12.8 Å². The van der Waals surface area contributed by atoms with Gasteiger partial charge in [0.25, 0.3) is 0 Å². The van der Waals surface area contributed by atoms with Crippen LogP contribution in [0.2, 0.25) is 0 Å². The van der Waals surface area contributed by atoms with Crippen molar-refractivity contribution in [3.63, 3.8) is 0 Å². The summed E-state index contributed by atoms with van der Waals surface area (Å²) < 4.78 is 9.88. The van der Waals surface area contributed by atoms with Gasteiger partial charge in [-0.15, -0.1) is 0 Å². The highest BCUT2D eigenvalue weighted by molar-refractivity contribution is 5.92. The molecule has 1 N–H and O–H groups in total. The number of amides is 2. The highest BCUT2D eigenvalue weighted by Gasteiger charge is 2.50. The Morgan fingerprint density at radius 2 is 1.95 bits per heavy atom. The predicted molar refractivity (Wildman–Crippen MR) is 73.4 cm³/mol. The number of carbonyl (C=O) groups is 3. The zero-order valence-corrected chi connectivity index (χ0v) is 12.8. The predicted octanol–water partition coefficient (Wildman–Crippen LogP) is 0.816. The molecule has 0 bridgehead atoms. The molecular weight excluding hydrogens is 276 g/mol. The standard InChI is InChI=1S/C14H22N2O5/c1-14(2,3)21-13(19)15-9-7-8-5-6-10(12(18)20-4)16(8)11(9)17/h8-10H,5-7H2,1-4H3,(H,15,19)/t8-,9+,10+/m1/s1. The number of alkyl carbamates (subject to hydrolysis) is 1. The van der Waals surface area contributed by atoms with E-state index in [1.54, 1.807) is 25.7 Å². The van der Waals surface area contributed by atoms with Gasteiger partial charge in [-0.2, -0.15) is 0 Å². The largest absolute Gasteiger partial charge is 0.467 e. The van der Waals surface area contributed by atoms with Crippen molar-refractivity contribution in [3.05, 3.63) is 0 Å². The molecule has 0 aromatic rings. The maximum absolute atomic E-state index is 12.4. The number of fused-ring (bicyclic) bond motifs is 1. The van der Waals surface area contributed by atoms with E-state index >= 15 is 0 Å². The molecule has 2 aliphatic rings. The Kier molecular flexibility index (Phi) is 4.11. The number of ether oxygens (including phenoxy) is 2. The molecule has 2 amide bonds. The summed E-state index contributed by atoms with van der Waals surface area (Å²) in [4.78, 5) is 37.4. The maximum Gasteiger partial charge on any atom is 0.408 e. The van der Waals surface area contributed by atoms with Crippen LogP contribution in [0.5, 0.6) is 0 Å². The molecule has 0 unspecified atom stereocenters. The van der Waals surface area contributed by atoms with Gasteiger partial charge in [0.2, 0.25) is 5.91 Å². The van der Waals surface area contributed by atoms with Gasteiger partial charge in [0.15, 0.2) is 0 Å². The Balaban J connectivity index is 1.99. The lowest BCUT2D eigenvalue weighted by molar-refractivity contribution is -0.150. The minimum Gasteiger partial charge on any atom is -0.467 e. The molecule has 0 spiro atoms. The number of esters is 1. The van der Waals surface area contributed by atoms with Crippen LogP contribution in [0.1, 0.15) is 40.0 Å².